The van der Waals surface area contributed by atoms with Crippen LogP contribution >= 0.6 is 0 Å². The fraction of sp³-hybridized carbons (Fsp3) is 0.333. The number of nitrogens with zero attached hydrogens (tertiary/aromatic N) is 2. The first kappa shape index (κ1) is 17.6. The minimum Gasteiger partial charge on any atom is -0.315 e. The van der Waals surface area contributed by atoms with Crippen molar-refractivity contribution in [3.63, 3.8) is 0 Å². The molecule has 1 heterocycles. The zero-order chi connectivity index (χ0) is 19.1. The van der Waals surface area contributed by atoms with E-state index < -0.39 is 17.6 Å². The largest absolute Gasteiger partial charge is 0.315 e. The Hall–Kier alpha value is -2.76. The third kappa shape index (κ3) is 3.20. The molecular weight excluding hydrogens is 350 g/mol. The van der Waals surface area contributed by atoms with Crippen LogP contribution in [0.4, 0.5) is 20.2 Å². The second-order valence-electron chi connectivity index (χ2n) is 7.21. The molecule has 2 aromatic carbocycles. The van der Waals surface area contributed by atoms with Crippen molar-refractivity contribution in [3.05, 3.63) is 59.2 Å². The van der Waals surface area contributed by atoms with Crippen LogP contribution in [0, 0.1) is 17.6 Å². The van der Waals surface area contributed by atoms with Crippen LogP contribution in [0.15, 0.2) is 36.4 Å². The SMILES string of the molecule is CN(C(=O)[C@H]1CC(=O)N(c2ccc3c(c2)CCC3)C1)c1ccc(F)c(F)c1. The number of hydrogen-bond acceptors (Lipinski definition) is 2. The van der Waals surface area contributed by atoms with Gasteiger partial charge >= 0.3 is 0 Å². The molecule has 0 radical (unpaired) electrons. The highest BCUT2D eigenvalue weighted by molar-refractivity contribution is 6.04. The number of carbonyl (C=O) groups excluding carboxylic acids is 2. The standard InChI is InChI=1S/C21H20F2N2O2/c1-24(16-7-8-18(22)19(23)11-16)21(27)15-10-20(26)25(12-15)17-6-5-13-3-2-4-14(13)9-17/h5-9,11,15H,2-4,10,12H2,1H3/t15-/m0/s1. The molecule has 0 N–H and O–H groups in total. The fourth-order valence-corrected chi connectivity index (χ4v) is 3.94. The predicted molar refractivity (Wildman–Crippen MR) is 98.7 cm³/mol. The minimum absolute atomic E-state index is 0.0926. The molecule has 0 bridgehead atoms. The molecule has 6 heteroatoms. The van der Waals surface area contributed by atoms with Crippen molar-refractivity contribution < 1.29 is 18.4 Å². The average Bonchev–Trinajstić information content (AvgIpc) is 3.28. The highest BCUT2D eigenvalue weighted by Gasteiger charge is 2.37. The van der Waals surface area contributed by atoms with E-state index >= 15 is 0 Å². The molecule has 2 aliphatic rings. The summed E-state index contributed by atoms with van der Waals surface area (Å²) in [6.07, 6.45) is 3.34. The van der Waals surface area contributed by atoms with E-state index in [0.29, 0.717) is 6.54 Å². The molecule has 4 rings (SSSR count). The molecule has 2 amide bonds. The van der Waals surface area contributed by atoms with E-state index in [1.54, 1.807) is 4.90 Å². The number of amides is 2. The van der Waals surface area contributed by atoms with Crippen LogP contribution in [-0.4, -0.2) is 25.4 Å². The molecule has 0 saturated carbocycles. The van der Waals surface area contributed by atoms with E-state index in [1.165, 1.54) is 29.1 Å². The summed E-state index contributed by atoms with van der Waals surface area (Å²) in [5, 5.41) is 0. The second kappa shape index (κ2) is 6.76. The quantitative estimate of drug-likeness (QED) is 0.830. The maximum Gasteiger partial charge on any atom is 0.232 e. The van der Waals surface area contributed by atoms with E-state index in [2.05, 4.69) is 6.07 Å². The molecule has 1 saturated heterocycles. The Balaban J connectivity index is 1.51. The van der Waals surface area contributed by atoms with Gasteiger partial charge in [0, 0.05) is 37.5 Å². The van der Waals surface area contributed by atoms with Gasteiger partial charge in [0.1, 0.15) is 0 Å². The number of halogens is 2. The summed E-state index contributed by atoms with van der Waals surface area (Å²) in [4.78, 5) is 28.2. The number of aryl methyl sites for hydroxylation is 2. The average molecular weight is 370 g/mol. The Morgan fingerprint density at radius 1 is 1.07 bits per heavy atom. The van der Waals surface area contributed by atoms with Crippen LogP contribution < -0.4 is 9.80 Å². The lowest BCUT2D eigenvalue weighted by molar-refractivity contribution is -0.124. The molecule has 27 heavy (non-hydrogen) atoms. The van der Waals surface area contributed by atoms with Gasteiger partial charge in [-0.1, -0.05) is 6.07 Å². The monoisotopic (exact) mass is 370 g/mol. The zero-order valence-corrected chi connectivity index (χ0v) is 15.0. The van der Waals surface area contributed by atoms with Crippen molar-refractivity contribution in [1.29, 1.82) is 0 Å². The summed E-state index contributed by atoms with van der Waals surface area (Å²) in [5.41, 5.74) is 3.69. The fourth-order valence-electron chi connectivity index (χ4n) is 3.94. The van der Waals surface area contributed by atoms with Crippen LogP contribution in [0.1, 0.15) is 24.0 Å². The number of benzene rings is 2. The van der Waals surface area contributed by atoms with Gasteiger partial charge < -0.3 is 9.80 Å². The highest BCUT2D eigenvalue weighted by atomic mass is 19.2. The number of rotatable bonds is 3. The first-order chi connectivity index (χ1) is 12.9. The van der Waals surface area contributed by atoms with Gasteiger partial charge in [-0.3, -0.25) is 9.59 Å². The molecule has 1 fully saturated rings. The lowest BCUT2D eigenvalue weighted by atomic mass is 10.1. The highest BCUT2D eigenvalue weighted by Crippen LogP contribution is 2.31. The molecule has 0 aromatic heterocycles. The molecule has 1 aliphatic heterocycles. The molecule has 0 unspecified atom stereocenters. The summed E-state index contributed by atoms with van der Waals surface area (Å²) < 4.78 is 26.6. The number of anilines is 2. The topological polar surface area (TPSA) is 40.6 Å². The Bertz CT molecular complexity index is 928. The zero-order valence-electron chi connectivity index (χ0n) is 15.0. The smallest absolute Gasteiger partial charge is 0.232 e. The van der Waals surface area contributed by atoms with Crippen molar-refractivity contribution in [2.24, 2.45) is 5.92 Å². The Morgan fingerprint density at radius 3 is 2.63 bits per heavy atom. The summed E-state index contributed by atoms with van der Waals surface area (Å²) in [7, 11) is 1.51. The van der Waals surface area contributed by atoms with Gasteiger partial charge in [0.25, 0.3) is 0 Å². The lowest BCUT2D eigenvalue weighted by Crippen LogP contribution is -2.34. The van der Waals surface area contributed by atoms with Gasteiger partial charge in [-0.15, -0.1) is 0 Å². The van der Waals surface area contributed by atoms with Gasteiger partial charge in [-0.2, -0.15) is 0 Å². The third-order valence-electron chi connectivity index (χ3n) is 5.49. The van der Waals surface area contributed by atoms with Crippen LogP contribution in [0.3, 0.4) is 0 Å². The van der Waals surface area contributed by atoms with Crippen LogP contribution in [0.25, 0.3) is 0 Å². The number of hydrogen-bond donors (Lipinski definition) is 0. The van der Waals surface area contributed by atoms with E-state index in [9.17, 15) is 18.4 Å². The van der Waals surface area contributed by atoms with Gasteiger partial charge in [0.05, 0.1) is 5.92 Å². The summed E-state index contributed by atoms with van der Waals surface area (Å²) in [6, 6.07) is 9.38. The van der Waals surface area contributed by atoms with E-state index in [4.69, 9.17) is 0 Å². The maximum absolute atomic E-state index is 13.5. The Morgan fingerprint density at radius 2 is 1.85 bits per heavy atom. The summed E-state index contributed by atoms with van der Waals surface area (Å²) in [5.74, 6) is -2.85. The molecule has 1 atom stereocenters. The molecule has 140 valence electrons. The van der Waals surface area contributed by atoms with Crippen molar-refractivity contribution in [2.75, 3.05) is 23.4 Å². The summed E-state index contributed by atoms with van der Waals surface area (Å²) >= 11 is 0. The second-order valence-corrected chi connectivity index (χ2v) is 7.21. The Labute approximate surface area is 156 Å². The third-order valence-corrected chi connectivity index (χ3v) is 5.49. The first-order valence-electron chi connectivity index (χ1n) is 9.09. The van der Waals surface area contributed by atoms with Crippen molar-refractivity contribution in [2.45, 2.75) is 25.7 Å². The van der Waals surface area contributed by atoms with Crippen LogP contribution in [0.2, 0.25) is 0 Å². The van der Waals surface area contributed by atoms with Crippen molar-refractivity contribution in [3.8, 4) is 0 Å². The minimum atomic E-state index is -1.01. The van der Waals surface area contributed by atoms with Crippen molar-refractivity contribution >= 4 is 23.2 Å². The van der Waals surface area contributed by atoms with E-state index in [1.807, 2.05) is 12.1 Å². The van der Waals surface area contributed by atoms with Gasteiger partial charge in [0.15, 0.2) is 11.6 Å². The molecule has 2 aromatic rings. The molecule has 4 nitrogen and oxygen atoms in total. The maximum atomic E-state index is 13.5. The molecule has 0 spiro atoms. The molecular formula is C21H20F2N2O2. The van der Waals surface area contributed by atoms with Gasteiger partial charge in [-0.05, 0) is 54.7 Å². The van der Waals surface area contributed by atoms with E-state index in [0.717, 1.165) is 37.1 Å². The first-order valence-corrected chi connectivity index (χ1v) is 9.09. The Kier molecular flexibility index (Phi) is 4.42. The van der Waals surface area contributed by atoms with Gasteiger partial charge in [0.2, 0.25) is 11.8 Å². The molecule has 1 aliphatic carbocycles. The van der Waals surface area contributed by atoms with E-state index in [-0.39, 0.29) is 23.9 Å². The number of carbonyl (C=O) groups is 2. The lowest BCUT2D eigenvalue weighted by Gasteiger charge is -2.22. The van der Waals surface area contributed by atoms with Crippen molar-refractivity contribution in [1.82, 2.24) is 0 Å². The van der Waals surface area contributed by atoms with Crippen LogP contribution in [0.5, 0.6) is 0 Å². The number of fused-ring (bicyclic) bond motifs is 1. The van der Waals surface area contributed by atoms with Crippen LogP contribution in [-0.2, 0) is 22.4 Å². The van der Waals surface area contributed by atoms with Gasteiger partial charge in [-0.25, -0.2) is 8.78 Å². The predicted octanol–water partition coefficient (Wildman–Crippen LogP) is 3.47. The normalized spacial score (nSPS) is 18.7. The summed E-state index contributed by atoms with van der Waals surface area (Å²) in [6.45, 7) is 0.296.